The third kappa shape index (κ3) is 4.05. The van der Waals surface area contributed by atoms with Gasteiger partial charge in [-0.3, -0.25) is 4.98 Å². The Kier molecular flexibility index (Phi) is 5.12. The summed E-state index contributed by atoms with van der Waals surface area (Å²) in [5.74, 6) is 0. The van der Waals surface area contributed by atoms with Gasteiger partial charge in [0.2, 0.25) is 0 Å². The number of rotatable bonds is 4. The Morgan fingerprint density at radius 1 is 1.44 bits per heavy atom. The van der Waals surface area contributed by atoms with Crippen molar-refractivity contribution in [3.63, 3.8) is 0 Å². The molecule has 2 aromatic rings. The summed E-state index contributed by atoms with van der Waals surface area (Å²) in [6, 6.07) is 9.17. The predicted molar refractivity (Wildman–Crippen MR) is 92.2 cm³/mol. The fourth-order valence-electron chi connectivity index (χ4n) is 3.30. The topological polar surface area (TPSA) is 109 Å². The highest BCUT2D eigenvalue weighted by Crippen LogP contribution is 2.20. The van der Waals surface area contributed by atoms with Crippen LogP contribution in [0.15, 0.2) is 30.5 Å². The van der Waals surface area contributed by atoms with Crippen molar-refractivity contribution in [3.05, 3.63) is 41.6 Å². The predicted octanol–water partition coefficient (Wildman–Crippen LogP) is 1.35. The van der Waals surface area contributed by atoms with Crippen molar-refractivity contribution in [2.45, 2.75) is 25.0 Å². The number of nitrogens with zero attached hydrogens (tertiary/aromatic N) is 3. The van der Waals surface area contributed by atoms with Gasteiger partial charge in [0.05, 0.1) is 29.3 Å². The number of benzene rings is 1. The second-order valence-corrected chi connectivity index (χ2v) is 6.28. The monoisotopic (exact) mass is 340 g/mol. The van der Waals surface area contributed by atoms with Gasteiger partial charge >= 0.3 is 6.09 Å². The van der Waals surface area contributed by atoms with Gasteiger partial charge in [-0.2, -0.15) is 5.26 Å². The average Bonchev–Trinajstić information content (AvgIpc) is 2.61. The summed E-state index contributed by atoms with van der Waals surface area (Å²) in [5, 5.41) is 31.3. The molecule has 0 radical (unpaired) electrons. The van der Waals surface area contributed by atoms with Gasteiger partial charge in [-0.25, -0.2) is 4.79 Å². The number of carbonyl (C=O) groups is 1. The highest BCUT2D eigenvalue weighted by Gasteiger charge is 2.28. The van der Waals surface area contributed by atoms with Crippen molar-refractivity contribution in [1.82, 2.24) is 15.2 Å². The van der Waals surface area contributed by atoms with E-state index in [4.69, 9.17) is 10.4 Å². The molecule has 3 N–H and O–H groups in total. The lowest BCUT2D eigenvalue weighted by Gasteiger charge is -2.35. The van der Waals surface area contributed by atoms with Gasteiger partial charge < -0.3 is 20.4 Å². The summed E-state index contributed by atoms with van der Waals surface area (Å²) in [4.78, 5) is 17.2. The molecule has 1 saturated heterocycles. The van der Waals surface area contributed by atoms with Crippen LogP contribution in [0, 0.1) is 11.3 Å². The van der Waals surface area contributed by atoms with Gasteiger partial charge in [-0.15, -0.1) is 0 Å². The molecular weight excluding hydrogens is 320 g/mol. The molecule has 0 bridgehead atoms. The minimum absolute atomic E-state index is 0.409. The van der Waals surface area contributed by atoms with Crippen LogP contribution in [0.4, 0.5) is 4.79 Å². The number of β-amino-alcohol motifs (C(OH)–C–C–N with tert-alkyl or cyclic N) is 1. The summed E-state index contributed by atoms with van der Waals surface area (Å²) < 4.78 is 0. The lowest BCUT2D eigenvalue weighted by molar-refractivity contribution is 0.0413. The minimum Gasteiger partial charge on any atom is -0.465 e. The molecule has 25 heavy (non-hydrogen) atoms. The summed E-state index contributed by atoms with van der Waals surface area (Å²) in [5.41, 5.74) is 2.58. The van der Waals surface area contributed by atoms with Gasteiger partial charge in [-0.1, -0.05) is 0 Å². The highest BCUT2D eigenvalue weighted by molar-refractivity contribution is 5.83. The van der Waals surface area contributed by atoms with Crippen LogP contribution in [0.2, 0.25) is 0 Å². The third-order valence-corrected chi connectivity index (χ3v) is 4.63. The molecule has 2 atom stereocenters. The van der Waals surface area contributed by atoms with Gasteiger partial charge in [0.15, 0.2) is 0 Å². The van der Waals surface area contributed by atoms with Gasteiger partial charge in [0.1, 0.15) is 0 Å². The lowest BCUT2D eigenvalue weighted by Crippen LogP contribution is -2.54. The third-order valence-electron chi connectivity index (χ3n) is 4.63. The Bertz CT molecular complexity index is 818. The molecule has 7 nitrogen and oxygen atoms in total. The first-order chi connectivity index (χ1) is 12.1. The van der Waals surface area contributed by atoms with Crippen molar-refractivity contribution in [2.75, 3.05) is 19.6 Å². The molecule has 0 aliphatic carbocycles. The van der Waals surface area contributed by atoms with E-state index in [1.807, 2.05) is 18.2 Å². The van der Waals surface area contributed by atoms with E-state index in [9.17, 15) is 9.90 Å². The number of hydrogen-bond acceptors (Lipinski definition) is 5. The molecule has 3 rings (SSSR count). The summed E-state index contributed by atoms with van der Waals surface area (Å²) in [6.07, 6.45) is 1.32. The lowest BCUT2D eigenvalue weighted by atomic mass is 10.0. The van der Waals surface area contributed by atoms with E-state index in [-0.39, 0.29) is 0 Å². The molecular formula is C18H20N4O3. The van der Waals surface area contributed by atoms with E-state index in [0.29, 0.717) is 18.5 Å². The first-order valence-corrected chi connectivity index (χ1v) is 8.24. The number of carboxylic acid groups (broad SMARTS) is 1. The first-order valence-electron chi connectivity index (χ1n) is 8.24. The number of pyridine rings is 1. The van der Waals surface area contributed by atoms with E-state index >= 15 is 0 Å². The second-order valence-electron chi connectivity index (χ2n) is 6.28. The van der Waals surface area contributed by atoms with Gasteiger partial charge in [0, 0.05) is 31.2 Å². The highest BCUT2D eigenvalue weighted by atomic mass is 16.4. The molecule has 1 aromatic carbocycles. The Hall–Kier alpha value is -2.69. The Labute approximate surface area is 145 Å². The number of nitrogens with one attached hydrogen (secondary N) is 1. The zero-order chi connectivity index (χ0) is 17.8. The number of fused-ring (bicyclic) bond motifs is 1. The summed E-state index contributed by atoms with van der Waals surface area (Å²) in [6.45, 7) is 1.93. The van der Waals surface area contributed by atoms with Crippen molar-refractivity contribution in [2.24, 2.45) is 0 Å². The molecule has 0 saturated carbocycles. The maximum absolute atomic E-state index is 10.7. The molecule has 2 heterocycles. The van der Waals surface area contributed by atoms with E-state index in [1.165, 1.54) is 0 Å². The Morgan fingerprint density at radius 3 is 3.00 bits per heavy atom. The summed E-state index contributed by atoms with van der Waals surface area (Å²) >= 11 is 0. The minimum atomic E-state index is -1.10. The van der Waals surface area contributed by atoms with Crippen LogP contribution in [-0.4, -0.2) is 58.0 Å². The molecule has 7 heteroatoms. The van der Waals surface area contributed by atoms with Crippen LogP contribution in [-0.2, 0) is 6.42 Å². The fourth-order valence-corrected chi connectivity index (χ4v) is 3.30. The molecule has 1 aliphatic rings. The van der Waals surface area contributed by atoms with Gasteiger partial charge in [-0.05, 0) is 42.7 Å². The molecule has 1 aliphatic heterocycles. The maximum Gasteiger partial charge on any atom is 0.404 e. The zero-order valence-corrected chi connectivity index (χ0v) is 13.7. The van der Waals surface area contributed by atoms with Crippen LogP contribution < -0.4 is 5.32 Å². The molecule has 130 valence electrons. The number of piperidine rings is 1. The number of aliphatic hydroxyl groups excluding tert-OH is 1. The Morgan fingerprint density at radius 2 is 2.28 bits per heavy atom. The van der Waals surface area contributed by atoms with Crippen molar-refractivity contribution in [3.8, 4) is 6.07 Å². The molecule has 1 aromatic heterocycles. The zero-order valence-electron chi connectivity index (χ0n) is 13.7. The normalized spacial score (nSPS) is 21.0. The number of hydrogen-bond donors (Lipinski definition) is 3. The van der Waals surface area contributed by atoms with Crippen molar-refractivity contribution < 1.29 is 15.0 Å². The van der Waals surface area contributed by atoms with Crippen LogP contribution in [0.25, 0.3) is 10.9 Å². The molecule has 1 amide bonds. The number of aromatic nitrogens is 1. The SMILES string of the molecule is N#Cc1ccc2nccc(CCN3CC[C@H](NC(=O)O)[C@H](O)C3)c2c1. The van der Waals surface area contributed by atoms with Crippen molar-refractivity contribution >= 4 is 17.0 Å². The van der Waals surface area contributed by atoms with Crippen LogP contribution in [0.5, 0.6) is 0 Å². The number of likely N-dealkylation sites (tertiary alicyclic amines) is 1. The van der Waals surface area contributed by atoms with Crippen molar-refractivity contribution in [1.29, 1.82) is 5.26 Å². The van der Waals surface area contributed by atoms with E-state index in [2.05, 4.69) is 21.3 Å². The molecule has 0 spiro atoms. The fraction of sp³-hybridized carbons (Fsp3) is 0.389. The van der Waals surface area contributed by atoms with Crippen LogP contribution in [0.1, 0.15) is 17.5 Å². The largest absolute Gasteiger partial charge is 0.465 e. The molecule has 1 fully saturated rings. The average molecular weight is 340 g/mol. The van der Waals surface area contributed by atoms with Gasteiger partial charge in [0.25, 0.3) is 0 Å². The molecule has 0 unspecified atom stereocenters. The second kappa shape index (κ2) is 7.47. The number of amides is 1. The van der Waals surface area contributed by atoms with Crippen LogP contribution >= 0.6 is 0 Å². The van der Waals surface area contributed by atoms with E-state index < -0.39 is 18.2 Å². The van der Waals surface area contributed by atoms with E-state index in [0.717, 1.165) is 36.0 Å². The first kappa shape index (κ1) is 17.1. The van der Waals surface area contributed by atoms with Crippen LogP contribution in [0.3, 0.4) is 0 Å². The smallest absolute Gasteiger partial charge is 0.404 e. The summed E-state index contributed by atoms with van der Waals surface area (Å²) in [7, 11) is 0. The number of aliphatic hydroxyl groups is 1. The Balaban J connectivity index is 1.66. The standard InChI is InChI=1S/C18H20N4O3/c19-10-12-1-2-15-14(9-12)13(3-6-20-15)4-7-22-8-5-16(17(23)11-22)21-18(24)25/h1-3,6,9,16-17,21,23H,4-5,7-8,11H2,(H,24,25)/t16-,17+/m0/s1. The maximum atomic E-state index is 10.7. The number of nitriles is 1. The quantitative estimate of drug-likeness (QED) is 0.775. The van der Waals surface area contributed by atoms with E-state index in [1.54, 1.807) is 12.3 Å².